The lowest BCUT2D eigenvalue weighted by Crippen LogP contribution is -2.41. The zero-order chi connectivity index (χ0) is 15.6. The van der Waals surface area contributed by atoms with Crippen molar-refractivity contribution in [3.63, 3.8) is 0 Å². The third-order valence-electron chi connectivity index (χ3n) is 3.90. The maximum absolute atomic E-state index is 12.1. The van der Waals surface area contributed by atoms with Crippen LogP contribution in [-0.2, 0) is 4.74 Å². The molecule has 0 spiro atoms. The van der Waals surface area contributed by atoms with Gasteiger partial charge in [-0.05, 0) is 63.6 Å². The lowest BCUT2D eigenvalue weighted by molar-refractivity contribution is 0.0205. The number of carbonyl (C=O) groups is 1. The van der Waals surface area contributed by atoms with Crippen molar-refractivity contribution in [3.05, 3.63) is 34.3 Å². The van der Waals surface area contributed by atoms with Crippen LogP contribution in [0.4, 0.5) is 4.79 Å². The largest absolute Gasteiger partial charge is 0.444 e. The van der Waals surface area contributed by atoms with Crippen molar-refractivity contribution in [1.82, 2.24) is 4.90 Å². The summed E-state index contributed by atoms with van der Waals surface area (Å²) < 4.78 is 5.43. The predicted octanol–water partition coefficient (Wildman–Crippen LogP) is 4.76. The average molecular weight is 310 g/mol. The Morgan fingerprint density at radius 1 is 1.29 bits per heavy atom. The van der Waals surface area contributed by atoms with Crippen LogP contribution in [0.15, 0.2) is 18.2 Å². The highest BCUT2D eigenvalue weighted by molar-refractivity contribution is 6.31. The lowest BCUT2D eigenvalue weighted by atomic mass is 9.87. The summed E-state index contributed by atoms with van der Waals surface area (Å²) in [6.45, 7) is 9.24. The molecular formula is C17H24ClNO2. The second-order valence-corrected chi connectivity index (χ2v) is 7.10. The van der Waals surface area contributed by atoms with Crippen LogP contribution in [0.3, 0.4) is 0 Å². The smallest absolute Gasteiger partial charge is 0.410 e. The van der Waals surface area contributed by atoms with Crippen LogP contribution < -0.4 is 0 Å². The van der Waals surface area contributed by atoms with Gasteiger partial charge in [-0.2, -0.15) is 0 Å². The quantitative estimate of drug-likeness (QED) is 0.748. The molecule has 1 saturated heterocycles. The van der Waals surface area contributed by atoms with E-state index in [1.54, 1.807) is 0 Å². The minimum atomic E-state index is -0.433. The Morgan fingerprint density at radius 2 is 1.90 bits per heavy atom. The third-order valence-corrected chi connectivity index (χ3v) is 4.31. The van der Waals surface area contributed by atoms with Crippen LogP contribution in [0.1, 0.15) is 50.7 Å². The molecule has 0 radical (unpaired) electrons. The van der Waals surface area contributed by atoms with Crippen molar-refractivity contribution in [2.75, 3.05) is 13.1 Å². The van der Waals surface area contributed by atoms with Gasteiger partial charge < -0.3 is 9.64 Å². The molecule has 4 heteroatoms. The highest BCUT2D eigenvalue weighted by Gasteiger charge is 2.28. The van der Waals surface area contributed by atoms with Crippen LogP contribution in [0, 0.1) is 6.92 Å². The van der Waals surface area contributed by atoms with Crippen LogP contribution >= 0.6 is 11.6 Å². The molecule has 116 valence electrons. The highest BCUT2D eigenvalue weighted by atomic mass is 35.5. The number of hydrogen-bond acceptors (Lipinski definition) is 2. The van der Waals surface area contributed by atoms with Crippen molar-refractivity contribution < 1.29 is 9.53 Å². The molecule has 2 rings (SSSR count). The lowest BCUT2D eigenvalue weighted by Gasteiger charge is -2.34. The molecule has 1 amide bonds. The van der Waals surface area contributed by atoms with E-state index in [1.807, 2.05) is 37.8 Å². The second-order valence-electron chi connectivity index (χ2n) is 6.70. The molecule has 0 aromatic heterocycles. The van der Waals surface area contributed by atoms with Gasteiger partial charge in [-0.3, -0.25) is 0 Å². The fourth-order valence-corrected chi connectivity index (χ4v) is 2.95. The van der Waals surface area contributed by atoms with E-state index in [-0.39, 0.29) is 6.09 Å². The van der Waals surface area contributed by atoms with Gasteiger partial charge in [0.1, 0.15) is 5.60 Å². The van der Waals surface area contributed by atoms with Gasteiger partial charge in [0.2, 0.25) is 0 Å². The molecule has 1 fully saturated rings. The van der Waals surface area contributed by atoms with E-state index in [2.05, 4.69) is 13.0 Å². The van der Waals surface area contributed by atoms with E-state index >= 15 is 0 Å². The molecule has 1 aliphatic heterocycles. The number of rotatable bonds is 1. The maximum Gasteiger partial charge on any atom is 0.410 e. The Morgan fingerprint density at radius 3 is 2.48 bits per heavy atom. The number of hydrogen-bond donors (Lipinski definition) is 0. The Balaban J connectivity index is 1.97. The summed E-state index contributed by atoms with van der Waals surface area (Å²) in [5.74, 6) is 0.474. The SMILES string of the molecule is Cc1c(Cl)cccc1C1CCN(C(=O)OC(C)(C)C)CC1. The number of piperidine rings is 1. The normalized spacial score (nSPS) is 16.9. The Hall–Kier alpha value is -1.22. The first-order valence-electron chi connectivity index (χ1n) is 7.51. The summed E-state index contributed by atoms with van der Waals surface area (Å²) in [6, 6.07) is 6.08. The van der Waals surface area contributed by atoms with Gasteiger partial charge >= 0.3 is 6.09 Å². The van der Waals surface area contributed by atoms with E-state index in [0.29, 0.717) is 5.92 Å². The minimum Gasteiger partial charge on any atom is -0.444 e. The van der Waals surface area contributed by atoms with Crippen molar-refractivity contribution in [2.24, 2.45) is 0 Å². The fraction of sp³-hybridized carbons (Fsp3) is 0.588. The number of benzene rings is 1. The number of nitrogens with zero attached hydrogens (tertiary/aromatic N) is 1. The predicted molar refractivity (Wildman–Crippen MR) is 86.0 cm³/mol. The number of ether oxygens (including phenoxy) is 1. The minimum absolute atomic E-state index is 0.205. The molecule has 1 heterocycles. The molecule has 3 nitrogen and oxygen atoms in total. The standard InChI is InChI=1S/C17H24ClNO2/c1-12-14(6-5-7-15(12)18)13-8-10-19(11-9-13)16(20)21-17(2,3)4/h5-7,13H,8-11H2,1-4H3. The van der Waals surface area contributed by atoms with E-state index in [4.69, 9.17) is 16.3 Å². The van der Waals surface area contributed by atoms with Crippen molar-refractivity contribution in [2.45, 2.75) is 52.1 Å². The van der Waals surface area contributed by atoms with Gasteiger partial charge in [0.15, 0.2) is 0 Å². The van der Waals surface area contributed by atoms with Crippen LogP contribution in [0.25, 0.3) is 0 Å². The van der Waals surface area contributed by atoms with Gasteiger partial charge in [-0.25, -0.2) is 4.79 Å². The Labute approximate surface area is 132 Å². The number of carbonyl (C=O) groups excluding carboxylic acids is 1. The molecule has 1 aliphatic rings. The molecule has 0 bridgehead atoms. The first-order valence-corrected chi connectivity index (χ1v) is 7.88. The van der Waals surface area contributed by atoms with E-state index in [1.165, 1.54) is 5.56 Å². The molecule has 0 unspecified atom stereocenters. The van der Waals surface area contributed by atoms with E-state index < -0.39 is 5.60 Å². The van der Waals surface area contributed by atoms with Crippen LogP contribution in [-0.4, -0.2) is 29.7 Å². The third kappa shape index (κ3) is 4.13. The highest BCUT2D eigenvalue weighted by Crippen LogP contribution is 2.33. The second kappa shape index (κ2) is 6.27. The molecule has 0 atom stereocenters. The molecular weight excluding hydrogens is 286 g/mol. The van der Waals surface area contributed by atoms with Crippen LogP contribution in [0.2, 0.25) is 5.02 Å². The fourth-order valence-electron chi connectivity index (χ4n) is 2.77. The zero-order valence-electron chi connectivity index (χ0n) is 13.3. The summed E-state index contributed by atoms with van der Waals surface area (Å²) in [7, 11) is 0. The van der Waals surface area contributed by atoms with Crippen LogP contribution in [0.5, 0.6) is 0 Å². The van der Waals surface area contributed by atoms with E-state index in [9.17, 15) is 4.79 Å². The molecule has 21 heavy (non-hydrogen) atoms. The summed E-state index contributed by atoms with van der Waals surface area (Å²) in [5.41, 5.74) is 2.04. The number of halogens is 1. The zero-order valence-corrected chi connectivity index (χ0v) is 14.0. The van der Waals surface area contributed by atoms with Crippen molar-refractivity contribution in [1.29, 1.82) is 0 Å². The molecule has 1 aromatic rings. The average Bonchev–Trinajstić information content (AvgIpc) is 2.40. The summed E-state index contributed by atoms with van der Waals surface area (Å²) >= 11 is 6.20. The number of amides is 1. The topological polar surface area (TPSA) is 29.5 Å². The molecule has 1 aromatic carbocycles. The summed E-state index contributed by atoms with van der Waals surface area (Å²) in [6.07, 6.45) is 1.71. The van der Waals surface area contributed by atoms with Crippen molar-refractivity contribution in [3.8, 4) is 0 Å². The summed E-state index contributed by atoms with van der Waals surface area (Å²) in [4.78, 5) is 13.9. The monoisotopic (exact) mass is 309 g/mol. The first kappa shape index (κ1) is 16.2. The van der Waals surface area contributed by atoms with Crippen molar-refractivity contribution >= 4 is 17.7 Å². The molecule has 0 aliphatic carbocycles. The summed E-state index contributed by atoms with van der Waals surface area (Å²) in [5, 5.41) is 0.821. The van der Waals surface area contributed by atoms with E-state index in [0.717, 1.165) is 36.5 Å². The van der Waals surface area contributed by atoms with Gasteiger partial charge in [-0.1, -0.05) is 23.7 Å². The Kier molecular flexibility index (Phi) is 4.82. The van der Waals surface area contributed by atoms with Gasteiger partial charge in [0.25, 0.3) is 0 Å². The number of likely N-dealkylation sites (tertiary alicyclic amines) is 1. The maximum atomic E-state index is 12.1. The molecule has 0 saturated carbocycles. The van der Waals surface area contributed by atoms with Gasteiger partial charge in [0.05, 0.1) is 0 Å². The van der Waals surface area contributed by atoms with Gasteiger partial charge in [-0.15, -0.1) is 0 Å². The first-order chi connectivity index (χ1) is 9.78. The molecule has 0 N–H and O–H groups in total. The Bertz CT molecular complexity index is 514. The van der Waals surface area contributed by atoms with Gasteiger partial charge in [0, 0.05) is 18.1 Å².